The van der Waals surface area contributed by atoms with E-state index in [1.54, 1.807) is 0 Å². The van der Waals surface area contributed by atoms with Gasteiger partial charge in [0.15, 0.2) is 0 Å². The molecule has 0 saturated carbocycles. The fraction of sp³-hybridized carbons (Fsp3) is 0.412. The molecule has 0 unspecified atom stereocenters. The molecule has 0 radical (unpaired) electrons. The van der Waals surface area contributed by atoms with Gasteiger partial charge >= 0.3 is 0 Å². The van der Waals surface area contributed by atoms with E-state index in [-0.39, 0.29) is 5.91 Å². The number of allylic oxidation sites excluding steroid dienone is 2. The highest BCUT2D eigenvalue weighted by molar-refractivity contribution is 5.77. The Morgan fingerprint density at radius 1 is 1.43 bits per heavy atom. The molecule has 0 bridgehead atoms. The van der Waals surface area contributed by atoms with Gasteiger partial charge in [-0.15, -0.1) is 0 Å². The van der Waals surface area contributed by atoms with Crippen LogP contribution in [0.25, 0.3) is 11.0 Å². The number of para-hydroxylation sites is 2. The molecule has 0 fully saturated rings. The van der Waals surface area contributed by atoms with Crippen LogP contribution in [0.15, 0.2) is 36.4 Å². The van der Waals surface area contributed by atoms with Crippen molar-refractivity contribution in [3.8, 4) is 0 Å². The fourth-order valence-corrected chi connectivity index (χ4v) is 2.96. The largest absolute Gasteiger partial charge is 0.354 e. The first-order valence-corrected chi connectivity index (χ1v) is 7.59. The first kappa shape index (κ1) is 13.9. The van der Waals surface area contributed by atoms with Crippen LogP contribution < -0.4 is 5.32 Å². The van der Waals surface area contributed by atoms with Crippen molar-refractivity contribution >= 4 is 16.9 Å². The average molecular weight is 283 g/mol. The highest BCUT2D eigenvalue weighted by atomic mass is 16.1. The van der Waals surface area contributed by atoms with Crippen molar-refractivity contribution in [1.82, 2.24) is 14.9 Å². The molecular formula is C17H21N3O. The number of imidazole rings is 1. The lowest BCUT2D eigenvalue weighted by molar-refractivity contribution is -0.121. The molecule has 0 saturated heterocycles. The maximum atomic E-state index is 11.9. The number of hydrogen-bond donors (Lipinski definition) is 1. The highest BCUT2D eigenvalue weighted by Gasteiger charge is 2.13. The van der Waals surface area contributed by atoms with Gasteiger partial charge in [-0.2, -0.15) is 0 Å². The smallest absolute Gasteiger partial charge is 0.220 e. The Bertz CT molecular complexity index is 672. The number of aryl methyl sites for hydroxylation is 1. The summed E-state index contributed by atoms with van der Waals surface area (Å²) in [5, 5.41) is 3.02. The first-order chi connectivity index (χ1) is 10.2. The number of amides is 1. The van der Waals surface area contributed by atoms with Gasteiger partial charge in [-0.25, -0.2) is 4.98 Å². The average Bonchev–Trinajstić information content (AvgIpc) is 3.07. The van der Waals surface area contributed by atoms with Crippen LogP contribution in [0.2, 0.25) is 0 Å². The van der Waals surface area contributed by atoms with Gasteiger partial charge in [-0.05, 0) is 37.8 Å². The molecule has 1 aromatic heterocycles. The van der Waals surface area contributed by atoms with Crippen LogP contribution in [0.3, 0.4) is 0 Å². The van der Waals surface area contributed by atoms with Crippen LogP contribution in [0.5, 0.6) is 0 Å². The molecule has 110 valence electrons. The summed E-state index contributed by atoms with van der Waals surface area (Å²) in [5.74, 6) is 1.57. The molecule has 21 heavy (non-hydrogen) atoms. The van der Waals surface area contributed by atoms with Crippen LogP contribution in [0.4, 0.5) is 0 Å². The minimum Gasteiger partial charge on any atom is -0.354 e. The summed E-state index contributed by atoms with van der Waals surface area (Å²) in [6.45, 7) is 3.42. The van der Waals surface area contributed by atoms with Crippen LogP contribution >= 0.6 is 0 Å². The lowest BCUT2D eigenvalue weighted by atomic mass is 10.1. The molecule has 1 aliphatic carbocycles. The molecule has 4 nitrogen and oxygen atoms in total. The number of nitrogens with zero attached hydrogens (tertiary/aromatic N) is 2. The van der Waals surface area contributed by atoms with Gasteiger partial charge < -0.3 is 9.88 Å². The Morgan fingerprint density at radius 2 is 2.29 bits per heavy atom. The second-order valence-electron chi connectivity index (χ2n) is 5.62. The quantitative estimate of drug-likeness (QED) is 0.858. The normalized spacial score (nSPS) is 17.5. The summed E-state index contributed by atoms with van der Waals surface area (Å²) in [5.41, 5.74) is 2.14. The number of fused-ring (bicyclic) bond motifs is 1. The Hall–Kier alpha value is -2.10. The zero-order valence-electron chi connectivity index (χ0n) is 12.4. The van der Waals surface area contributed by atoms with E-state index in [0.29, 0.717) is 18.9 Å². The molecule has 1 atom stereocenters. The van der Waals surface area contributed by atoms with E-state index in [2.05, 4.69) is 33.1 Å². The Morgan fingerprint density at radius 3 is 3.10 bits per heavy atom. The third kappa shape index (κ3) is 3.15. The molecular weight excluding hydrogens is 262 g/mol. The van der Waals surface area contributed by atoms with E-state index < -0.39 is 0 Å². The summed E-state index contributed by atoms with van der Waals surface area (Å²) in [6, 6.07) is 8.10. The maximum Gasteiger partial charge on any atom is 0.220 e. The van der Waals surface area contributed by atoms with Gasteiger partial charge in [-0.3, -0.25) is 4.79 Å². The van der Waals surface area contributed by atoms with Gasteiger partial charge in [0, 0.05) is 19.5 Å². The molecule has 4 heteroatoms. The summed E-state index contributed by atoms with van der Waals surface area (Å²) < 4.78 is 2.16. The van der Waals surface area contributed by atoms with Gasteiger partial charge in [0.05, 0.1) is 11.0 Å². The second kappa shape index (κ2) is 6.12. The summed E-state index contributed by atoms with van der Waals surface area (Å²) >= 11 is 0. The first-order valence-electron chi connectivity index (χ1n) is 7.59. The Kier molecular flexibility index (Phi) is 4.04. The number of nitrogens with one attached hydrogen (secondary N) is 1. The number of hydrogen-bond acceptors (Lipinski definition) is 2. The van der Waals surface area contributed by atoms with Crippen molar-refractivity contribution in [2.75, 3.05) is 6.54 Å². The fourth-order valence-electron chi connectivity index (χ4n) is 2.96. The van der Waals surface area contributed by atoms with Crippen molar-refractivity contribution < 1.29 is 4.79 Å². The van der Waals surface area contributed by atoms with E-state index in [0.717, 1.165) is 36.2 Å². The minimum atomic E-state index is 0.147. The van der Waals surface area contributed by atoms with Crippen molar-refractivity contribution in [2.45, 2.75) is 32.7 Å². The third-order valence-electron chi connectivity index (χ3n) is 4.06. The number of benzene rings is 1. The maximum absolute atomic E-state index is 11.9. The van der Waals surface area contributed by atoms with E-state index in [1.807, 2.05) is 25.1 Å². The second-order valence-corrected chi connectivity index (χ2v) is 5.62. The Labute approximate surface area is 124 Å². The van der Waals surface area contributed by atoms with Crippen LogP contribution in [-0.2, 0) is 11.3 Å². The molecule has 3 rings (SSSR count). The van der Waals surface area contributed by atoms with E-state index in [4.69, 9.17) is 0 Å². The van der Waals surface area contributed by atoms with E-state index in [1.165, 1.54) is 0 Å². The van der Waals surface area contributed by atoms with Gasteiger partial charge in [0.2, 0.25) is 5.91 Å². The van der Waals surface area contributed by atoms with Gasteiger partial charge in [0.25, 0.3) is 0 Å². The zero-order valence-corrected chi connectivity index (χ0v) is 12.4. The molecule has 2 aromatic rings. The molecule has 0 spiro atoms. The van der Waals surface area contributed by atoms with Crippen molar-refractivity contribution in [1.29, 1.82) is 0 Å². The van der Waals surface area contributed by atoms with Crippen LogP contribution in [0, 0.1) is 12.8 Å². The van der Waals surface area contributed by atoms with Crippen molar-refractivity contribution in [2.24, 2.45) is 5.92 Å². The summed E-state index contributed by atoms with van der Waals surface area (Å²) in [6.07, 6.45) is 7.16. The standard InChI is InChI=1S/C17H21N3O/c1-13-19-15-8-4-5-9-16(15)20(13)11-10-18-17(21)12-14-6-2-3-7-14/h2,4-6,8-9,14H,3,7,10-12H2,1H3,(H,18,21)/t14-/m1/s1. The molecule has 1 amide bonds. The highest BCUT2D eigenvalue weighted by Crippen LogP contribution is 2.20. The molecule has 1 heterocycles. The zero-order chi connectivity index (χ0) is 14.7. The molecule has 1 N–H and O–H groups in total. The summed E-state index contributed by atoms with van der Waals surface area (Å²) in [7, 11) is 0. The van der Waals surface area contributed by atoms with Crippen LogP contribution in [0.1, 0.15) is 25.1 Å². The monoisotopic (exact) mass is 283 g/mol. The predicted molar refractivity (Wildman–Crippen MR) is 84.0 cm³/mol. The third-order valence-corrected chi connectivity index (χ3v) is 4.06. The minimum absolute atomic E-state index is 0.147. The molecule has 0 aliphatic heterocycles. The topological polar surface area (TPSA) is 46.9 Å². The molecule has 1 aliphatic rings. The lowest BCUT2D eigenvalue weighted by Crippen LogP contribution is -2.28. The van der Waals surface area contributed by atoms with Crippen molar-refractivity contribution in [3.63, 3.8) is 0 Å². The van der Waals surface area contributed by atoms with E-state index >= 15 is 0 Å². The molecule has 1 aromatic carbocycles. The predicted octanol–water partition coefficient (Wildman–Crippen LogP) is 2.82. The summed E-state index contributed by atoms with van der Waals surface area (Å²) in [4.78, 5) is 16.4. The van der Waals surface area contributed by atoms with Crippen LogP contribution in [-0.4, -0.2) is 22.0 Å². The SMILES string of the molecule is Cc1nc2ccccc2n1CCNC(=O)C[C@@H]1C=CCC1. The van der Waals surface area contributed by atoms with E-state index in [9.17, 15) is 4.79 Å². The number of aromatic nitrogens is 2. The van der Waals surface area contributed by atoms with Crippen molar-refractivity contribution in [3.05, 3.63) is 42.2 Å². The number of carbonyl (C=O) groups is 1. The Balaban J connectivity index is 1.55. The number of carbonyl (C=O) groups excluding carboxylic acids is 1. The van der Waals surface area contributed by atoms with Gasteiger partial charge in [-0.1, -0.05) is 24.3 Å². The number of rotatable bonds is 5. The van der Waals surface area contributed by atoms with Gasteiger partial charge in [0.1, 0.15) is 5.82 Å². The lowest BCUT2D eigenvalue weighted by Gasteiger charge is -2.10.